The lowest BCUT2D eigenvalue weighted by Gasteiger charge is -2.45. The molecule has 7 heteroatoms. The number of nitrogens with one attached hydrogen (secondary N) is 2. The van der Waals surface area contributed by atoms with Crippen molar-refractivity contribution in [1.29, 1.82) is 0 Å². The van der Waals surface area contributed by atoms with E-state index in [-0.39, 0.29) is 0 Å². The van der Waals surface area contributed by atoms with Gasteiger partial charge in [0, 0.05) is 52.4 Å². The van der Waals surface area contributed by atoms with E-state index in [4.69, 9.17) is 18.0 Å². The van der Waals surface area contributed by atoms with Gasteiger partial charge in [-0.1, -0.05) is 0 Å². The molecule has 0 saturated carbocycles. The highest BCUT2D eigenvalue weighted by atomic mass is 32.1. The van der Waals surface area contributed by atoms with Gasteiger partial charge < -0.3 is 16.4 Å². The molecular formula is C9H20N6S. The van der Waals surface area contributed by atoms with Crippen molar-refractivity contribution in [3.8, 4) is 0 Å². The molecule has 0 unspecified atom stereocenters. The second kappa shape index (κ2) is 5.74. The Balaban J connectivity index is 1.99. The van der Waals surface area contributed by atoms with E-state index in [9.17, 15) is 0 Å². The molecule has 0 aromatic carbocycles. The molecule has 2 fully saturated rings. The van der Waals surface area contributed by atoms with Gasteiger partial charge in [0.05, 0.1) is 0 Å². The van der Waals surface area contributed by atoms with Crippen LogP contribution in [0.5, 0.6) is 0 Å². The largest absolute Gasteiger partial charge is 0.374 e. The van der Waals surface area contributed by atoms with Gasteiger partial charge >= 0.3 is 0 Å². The fourth-order valence-electron chi connectivity index (χ4n) is 2.14. The molecule has 0 atom stereocenters. The number of nitrogens with zero attached hydrogens (tertiary/aromatic N) is 3. The van der Waals surface area contributed by atoms with Gasteiger partial charge in [0.15, 0.2) is 5.11 Å². The van der Waals surface area contributed by atoms with Crippen LogP contribution in [0.3, 0.4) is 0 Å². The molecule has 0 amide bonds. The first-order valence-corrected chi connectivity index (χ1v) is 6.20. The van der Waals surface area contributed by atoms with E-state index in [1.54, 1.807) is 0 Å². The molecule has 2 aliphatic rings. The van der Waals surface area contributed by atoms with Crippen LogP contribution in [0, 0.1) is 0 Å². The van der Waals surface area contributed by atoms with E-state index in [0.29, 0.717) is 5.11 Å². The van der Waals surface area contributed by atoms with Crippen molar-refractivity contribution in [2.75, 3.05) is 52.4 Å². The minimum Gasteiger partial charge on any atom is -0.374 e. The van der Waals surface area contributed by atoms with Crippen LogP contribution in [0.25, 0.3) is 0 Å². The van der Waals surface area contributed by atoms with Crippen molar-refractivity contribution < 1.29 is 0 Å². The number of nitrogens with two attached hydrogens (primary N) is 1. The Kier molecular flexibility index (Phi) is 4.30. The van der Waals surface area contributed by atoms with Gasteiger partial charge in [0.2, 0.25) is 0 Å². The molecule has 0 radical (unpaired) electrons. The zero-order chi connectivity index (χ0) is 11.4. The molecule has 2 saturated heterocycles. The average molecular weight is 244 g/mol. The summed E-state index contributed by atoms with van der Waals surface area (Å²) in [5.41, 5.74) is 5.83. The number of thiocarbonyl (C=S) groups is 1. The van der Waals surface area contributed by atoms with Crippen LogP contribution in [0.1, 0.15) is 0 Å². The predicted octanol–water partition coefficient (Wildman–Crippen LogP) is -1.83. The zero-order valence-electron chi connectivity index (χ0n) is 9.48. The second-order valence-electron chi connectivity index (χ2n) is 4.04. The van der Waals surface area contributed by atoms with Crippen molar-refractivity contribution in [3.63, 3.8) is 0 Å². The van der Waals surface area contributed by atoms with Gasteiger partial charge in [0.25, 0.3) is 0 Å². The maximum atomic E-state index is 5.83. The second-order valence-corrected chi connectivity index (χ2v) is 4.45. The Morgan fingerprint density at radius 3 is 1.62 bits per heavy atom. The van der Waals surface area contributed by atoms with Crippen molar-refractivity contribution in [2.45, 2.75) is 0 Å². The van der Waals surface area contributed by atoms with Gasteiger partial charge in [-0.25, -0.2) is 15.1 Å². The molecule has 16 heavy (non-hydrogen) atoms. The third kappa shape index (κ3) is 2.80. The predicted molar refractivity (Wildman–Crippen MR) is 67.5 cm³/mol. The molecule has 2 heterocycles. The molecule has 2 rings (SSSR count). The number of hydrogen-bond donors (Lipinski definition) is 3. The van der Waals surface area contributed by atoms with Crippen LogP contribution < -0.4 is 16.4 Å². The van der Waals surface area contributed by atoms with Gasteiger partial charge in [-0.05, 0) is 12.2 Å². The third-order valence-electron chi connectivity index (χ3n) is 2.92. The van der Waals surface area contributed by atoms with Crippen LogP contribution in [0.15, 0.2) is 0 Å². The molecule has 92 valence electrons. The number of rotatable bonds is 2. The van der Waals surface area contributed by atoms with E-state index in [1.807, 2.05) is 5.12 Å². The SMILES string of the molecule is NC(=S)N(N1CCNCC1)N1CCNCC1. The Labute approximate surface area is 102 Å². The van der Waals surface area contributed by atoms with Gasteiger partial charge in [-0.2, -0.15) is 0 Å². The molecule has 0 bridgehead atoms. The summed E-state index contributed by atoms with van der Waals surface area (Å²) >= 11 is 5.16. The quantitative estimate of drug-likeness (QED) is 0.494. The summed E-state index contributed by atoms with van der Waals surface area (Å²) < 4.78 is 0. The first-order chi connectivity index (χ1) is 7.79. The number of hydrogen-bond acceptors (Lipinski definition) is 5. The maximum Gasteiger partial charge on any atom is 0.196 e. The standard InChI is InChI=1S/C9H20N6S/c10-9(16)15(13-5-1-11-2-6-13)14-7-3-12-4-8-14/h11-12H,1-8H2,(H2,10,16). The third-order valence-corrected chi connectivity index (χ3v) is 3.08. The summed E-state index contributed by atoms with van der Waals surface area (Å²) in [6, 6.07) is 0. The van der Waals surface area contributed by atoms with Crippen molar-refractivity contribution >= 4 is 17.3 Å². The summed E-state index contributed by atoms with van der Waals surface area (Å²) in [5.74, 6) is 0. The highest BCUT2D eigenvalue weighted by Gasteiger charge is 2.26. The summed E-state index contributed by atoms with van der Waals surface area (Å²) in [6.45, 7) is 7.80. The number of hydrazine groups is 2. The van der Waals surface area contributed by atoms with E-state index in [1.165, 1.54) is 0 Å². The van der Waals surface area contributed by atoms with E-state index in [2.05, 4.69) is 20.7 Å². The summed E-state index contributed by atoms with van der Waals surface area (Å²) in [7, 11) is 0. The molecular weight excluding hydrogens is 224 g/mol. The van der Waals surface area contributed by atoms with Crippen molar-refractivity contribution in [3.05, 3.63) is 0 Å². The molecule has 0 spiro atoms. The Morgan fingerprint density at radius 1 is 0.938 bits per heavy atom. The molecule has 0 aromatic heterocycles. The lowest BCUT2D eigenvalue weighted by atomic mass is 10.4. The highest BCUT2D eigenvalue weighted by Crippen LogP contribution is 2.07. The lowest BCUT2D eigenvalue weighted by molar-refractivity contribution is -0.133. The van der Waals surface area contributed by atoms with E-state index < -0.39 is 0 Å². The maximum absolute atomic E-state index is 5.83. The minimum absolute atomic E-state index is 0.448. The minimum atomic E-state index is 0.448. The van der Waals surface area contributed by atoms with Gasteiger partial charge in [-0.15, -0.1) is 0 Å². The first-order valence-electron chi connectivity index (χ1n) is 5.80. The molecule has 2 aliphatic heterocycles. The summed E-state index contributed by atoms with van der Waals surface area (Å²) in [5, 5.41) is 13.5. The number of piperazine rings is 2. The Bertz CT molecular complexity index is 218. The van der Waals surface area contributed by atoms with Crippen molar-refractivity contribution in [1.82, 2.24) is 25.8 Å². The normalized spacial score (nSPS) is 24.2. The highest BCUT2D eigenvalue weighted by molar-refractivity contribution is 7.80. The van der Waals surface area contributed by atoms with Crippen LogP contribution >= 0.6 is 12.2 Å². The van der Waals surface area contributed by atoms with Gasteiger partial charge in [0.1, 0.15) is 0 Å². The van der Waals surface area contributed by atoms with E-state index in [0.717, 1.165) is 52.4 Å². The van der Waals surface area contributed by atoms with Crippen LogP contribution in [0.2, 0.25) is 0 Å². The molecule has 0 aromatic rings. The molecule has 6 nitrogen and oxygen atoms in total. The molecule has 0 aliphatic carbocycles. The van der Waals surface area contributed by atoms with Crippen LogP contribution in [0.4, 0.5) is 0 Å². The first kappa shape index (κ1) is 12.0. The Hall–Kier alpha value is -0.470. The van der Waals surface area contributed by atoms with Crippen LogP contribution in [-0.4, -0.2) is 72.6 Å². The average Bonchev–Trinajstić information content (AvgIpc) is 2.31. The summed E-state index contributed by atoms with van der Waals surface area (Å²) in [4.78, 5) is 0. The fourth-order valence-corrected chi connectivity index (χ4v) is 2.37. The lowest BCUT2D eigenvalue weighted by Crippen LogP contribution is -2.64. The van der Waals surface area contributed by atoms with Crippen molar-refractivity contribution in [2.24, 2.45) is 5.73 Å². The fraction of sp³-hybridized carbons (Fsp3) is 0.889. The molecule has 4 N–H and O–H groups in total. The monoisotopic (exact) mass is 244 g/mol. The topological polar surface area (TPSA) is 59.8 Å². The zero-order valence-corrected chi connectivity index (χ0v) is 10.3. The Morgan fingerprint density at radius 2 is 1.31 bits per heavy atom. The van der Waals surface area contributed by atoms with Crippen LogP contribution in [-0.2, 0) is 0 Å². The smallest absolute Gasteiger partial charge is 0.196 e. The summed E-state index contributed by atoms with van der Waals surface area (Å²) in [6.07, 6.45) is 0. The van der Waals surface area contributed by atoms with Gasteiger partial charge in [-0.3, -0.25) is 0 Å². The van der Waals surface area contributed by atoms with E-state index >= 15 is 0 Å².